The summed E-state index contributed by atoms with van der Waals surface area (Å²) in [4.78, 5) is 11.7. The maximum atomic E-state index is 11.7. The fraction of sp³-hybridized carbons (Fsp3) is 0.250. The van der Waals surface area contributed by atoms with E-state index in [-0.39, 0.29) is 12.7 Å². The Labute approximate surface area is 128 Å². The van der Waals surface area contributed by atoms with Crippen molar-refractivity contribution in [2.75, 3.05) is 13.3 Å². The number of benzene rings is 1. The molecule has 2 aromatic rings. The zero-order chi connectivity index (χ0) is 15.4. The van der Waals surface area contributed by atoms with E-state index in [0.717, 1.165) is 29.0 Å². The smallest absolute Gasteiger partial charge is 0.244 e. The van der Waals surface area contributed by atoms with Gasteiger partial charge < -0.3 is 14.8 Å². The van der Waals surface area contributed by atoms with Crippen LogP contribution >= 0.6 is 0 Å². The summed E-state index contributed by atoms with van der Waals surface area (Å²) >= 11 is 0. The maximum absolute atomic E-state index is 11.7. The predicted molar refractivity (Wildman–Crippen MR) is 81.5 cm³/mol. The molecular weight excluding hydrogens is 282 g/mol. The zero-order valence-electron chi connectivity index (χ0n) is 12.3. The van der Waals surface area contributed by atoms with Crippen LogP contribution in [0, 0.1) is 0 Å². The quantitative estimate of drug-likeness (QED) is 0.850. The van der Waals surface area contributed by atoms with Crippen molar-refractivity contribution in [3.8, 4) is 11.5 Å². The van der Waals surface area contributed by atoms with Gasteiger partial charge in [0.25, 0.3) is 0 Å². The summed E-state index contributed by atoms with van der Waals surface area (Å²) in [5.74, 6) is 1.41. The van der Waals surface area contributed by atoms with Gasteiger partial charge in [-0.2, -0.15) is 5.10 Å². The maximum Gasteiger partial charge on any atom is 0.244 e. The van der Waals surface area contributed by atoms with Gasteiger partial charge in [-0.3, -0.25) is 9.48 Å². The van der Waals surface area contributed by atoms with Crippen molar-refractivity contribution in [1.82, 2.24) is 15.1 Å². The Morgan fingerprint density at radius 3 is 3.09 bits per heavy atom. The molecule has 1 N–H and O–H groups in total. The number of ether oxygens (including phenoxy) is 2. The Hall–Kier alpha value is -2.76. The van der Waals surface area contributed by atoms with Gasteiger partial charge >= 0.3 is 0 Å². The first kappa shape index (κ1) is 14.2. The Kier molecular flexibility index (Phi) is 4.09. The van der Waals surface area contributed by atoms with Crippen molar-refractivity contribution >= 4 is 12.0 Å². The van der Waals surface area contributed by atoms with E-state index in [1.165, 1.54) is 6.08 Å². The summed E-state index contributed by atoms with van der Waals surface area (Å²) in [7, 11) is 1.84. The van der Waals surface area contributed by atoms with Crippen LogP contribution in [0.1, 0.15) is 11.1 Å². The van der Waals surface area contributed by atoms with Gasteiger partial charge in [0, 0.05) is 31.4 Å². The Morgan fingerprint density at radius 2 is 2.27 bits per heavy atom. The molecule has 1 amide bonds. The molecule has 6 heteroatoms. The lowest BCUT2D eigenvalue weighted by molar-refractivity contribution is -0.116. The van der Waals surface area contributed by atoms with Crippen molar-refractivity contribution in [2.24, 2.45) is 7.05 Å². The van der Waals surface area contributed by atoms with E-state index in [1.807, 2.05) is 31.4 Å². The van der Waals surface area contributed by atoms with E-state index < -0.39 is 0 Å². The van der Waals surface area contributed by atoms with Gasteiger partial charge in [0.15, 0.2) is 11.5 Å². The minimum Gasteiger partial charge on any atom is -0.454 e. The molecule has 0 aliphatic carbocycles. The van der Waals surface area contributed by atoms with Crippen LogP contribution in [0.15, 0.2) is 36.7 Å². The van der Waals surface area contributed by atoms with Gasteiger partial charge in [0.1, 0.15) is 0 Å². The van der Waals surface area contributed by atoms with E-state index in [4.69, 9.17) is 9.47 Å². The number of carbonyl (C=O) groups is 1. The summed E-state index contributed by atoms with van der Waals surface area (Å²) in [6.07, 6.45) is 7.54. The highest BCUT2D eigenvalue weighted by molar-refractivity contribution is 5.91. The van der Waals surface area contributed by atoms with Crippen LogP contribution in [0.25, 0.3) is 6.08 Å². The normalized spacial score (nSPS) is 12.8. The molecule has 0 saturated carbocycles. The molecule has 3 rings (SSSR count). The number of nitrogens with zero attached hydrogens (tertiary/aromatic N) is 2. The fourth-order valence-corrected chi connectivity index (χ4v) is 2.18. The Morgan fingerprint density at radius 1 is 1.41 bits per heavy atom. The molecule has 0 saturated heterocycles. The number of hydrogen-bond donors (Lipinski definition) is 1. The summed E-state index contributed by atoms with van der Waals surface area (Å²) < 4.78 is 12.3. The van der Waals surface area contributed by atoms with Crippen molar-refractivity contribution in [3.63, 3.8) is 0 Å². The van der Waals surface area contributed by atoms with Gasteiger partial charge in [-0.25, -0.2) is 0 Å². The second kappa shape index (κ2) is 6.34. The molecule has 114 valence electrons. The number of aromatic nitrogens is 2. The van der Waals surface area contributed by atoms with Gasteiger partial charge in [-0.05, 0) is 30.2 Å². The molecule has 0 atom stereocenters. The van der Waals surface area contributed by atoms with Crippen LogP contribution in [0.3, 0.4) is 0 Å². The lowest BCUT2D eigenvalue weighted by Gasteiger charge is -2.04. The summed E-state index contributed by atoms with van der Waals surface area (Å²) in [6.45, 7) is 0.838. The molecule has 0 radical (unpaired) electrons. The number of carbonyl (C=O) groups excluding carboxylic acids is 1. The molecule has 1 aromatic heterocycles. The highest BCUT2D eigenvalue weighted by Gasteiger charge is 2.12. The number of rotatable bonds is 5. The van der Waals surface area contributed by atoms with Crippen molar-refractivity contribution in [2.45, 2.75) is 6.42 Å². The highest BCUT2D eigenvalue weighted by Crippen LogP contribution is 2.32. The first-order chi connectivity index (χ1) is 10.7. The number of amides is 1. The average molecular weight is 299 g/mol. The number of fused-ring (bicyclic) bond motifs is 1. The highest BCUT2D eigenvalue weighted by atomic mass is 16.7. The number of nitrogens with one attached hydrogen (secondary N) is 1. The van der Waals surface area contributed by atoms with Crippen LogP contribution in [0.2, 0.25) is 0 Å². The van der Waals surface area contributed by atoms with Gasteiger partial charge in [0.05, 0.1) is 6.20 Å². The van der Waals surface area contributed by atoms with Crippen LogP contribution in [-0.2, 0) is 18.3 Å². The van der Waals surface area contributed by atoms with Gasteiger partial charge in [0.2, 0.25) is 12.7 Å². The van der Waals surface area contributed by atoms with Crippen molar-refractivity contribution in [1.29, 1.82) is 0 Å². The lowest BCUT2D eigenvalue weighted by atomic mass is 10.1. The third-order valence-electron chi connectivity index (χ3n) is 3.30. The standard InChI is InChI=1S/C16H17N3O3/c1-19-10-13(9-18-19)3-5-16(20)17-7-6-12-2-4-14-15(8-12)22-11-21-14/h2-5,8-10H,6-7,11H2,1H3,(H,17,20)/b5-3+. The van der Waals surface area contributed by atoms with E-state index in [9.17, 15) is 4.79 Å². The average Bonchev–Trinajstić information content (AvgIpc) is 3.13. The monoisotopic (exact) mass is 299 g/mol. The topological polar surface area (TPSA) is 65.4 Å². The second-order valence-electron chi connectivity index (χ2n) is 5.01. The third kappa shape index (κ3) is 3.46. The summed E-state index contributed by atoms with van der Waals surface area (Å²) in [6, 6.07) is 5.81. The summed E-state index contributed by atoms with van der Waals surface area (Å²) in [5.41, 5.74) is 1.99. The van der Waals surface area contributed by atoms with E-state index in [0.29, 0.717) is 6.54 Å². The van der Waals surface area contributed by atoms with Gasteiger partial charge in [-0.15, -0.1) is 0 Å². The van der Waals surface area contributed by atoms with Crippen molar-refractivity contribution < 1.29 is 14.3 Å². The van der Waals surface area contributed by atoms with Crippen LogP contribution in [-0.4, -0.2) is 29.0 Å². The molecule has 1 aliphatic rings. The molecule has 0 bridgehead atoms. The molecule has 2 heterocycles. The molecule has 0 spiro atoms. The Bertz CT molecular complexity index is 706. The zero-order valence-corrected chi connectivity index (χ0v) is 12.3. The van der Waals surface area contributed by atoms with Gasteiger partial charge in [-0.1, -0.05) is 6.07 Å². The summed E-state index contributed by atoms with van der Waals surface area (Å²) in [5, 5.41) is 6.89. The van der Waals surface area contributed by atoms with Crippen molar-refractivity contribution in [3.05, 3.63) is 47.8 Å². The molecular formula is C16H17N3O3. The second-order valence-corrected chi connectivity index (χ2v) is 5.01. The van der Waals surface area contributed by atoms with E-state index in [2.05, 4.69) is 10.4 Å². The van der Waals surface area contributed by atoms with Crippen LogP contribution in [0.5, 0.6) is 11.5 Å². The Balaban J connectivity index is 1.46. The molecule has 6 nitrogen and oxygen atoms in total. The SMILES string of the molecule is Cn1cc(/C=C/C(=O)NCCc2ccc3c(c2)OCO3)cn1. The molecule has 1 aromatic carbocycles. The number of aryl methyl sites for hydroxylation is 1. The molecule has 0 unspecified atom stereocenters. The lowest BCUT2D eigenvalue weighted by Crippen LogP contribution is -2.23. The molecule has 0 fully saturated rings. The number of hydrogen-bond acceptors (Lipinski definition) is 4. The van der Waals surface area contributed by atoms with E-state index >= 15 is 0 Å². The minimum absolute atomic E-state index is 0.121. The fourth-order valence-electron chi connectivity index (χ4n) is 2.18. The molecule has 1 aliphatic heterocycles. The van der Waals surface area contributed by atoms with Crippen LogP contribution < -0.4 is 14.8 Å². The first-order valence-electron chi connectivity index (χ1n) is 7.04. The minimum atomic E-state index is -0.121. The largest absolute Gasteiger partial charge is 0.454 e. The van der Waals surface area contributed by atoms with Crippen LogP contribution in [0.4, 0.5) is 0 Å². The molecule has 22 heavy (non-hydrogen) atoms. The first-order valence-corrected chi connectivity index (χ1v) is 7.04. The predicted octanol–water partition coefficient (Wildman–Crippen LogP) is 1.52. The van der Waals surface area contributed by atoms with E-state index in [1.54, 1.807) is 17.0 Å². The third-order valence-corrected chi connectivity index (χ3v) is 3.30.